The van der Waals surface area contributed by atoms with Crippen LogP contribution in [0.4, 0.5) is 4.39 Å². The smallest absolute Gasteiger partial charge is 0.139 e. The van der Waals surface area contributed by atoms with Gasteiger partial charge < -0.3 is 0 Å². The lowest BCUT2D eigenvalue weighted by atomic mass is 10.4. The van der Waals surface area contributed by atoms with Crippen molar-refractivity contribution in [3.63, 3.8) is 0 Å². The maximum atomic E-state index is 12.7. The standard InChI is InChI=1S/C6H2Br3F/c7-3-1-4(8)6(9)5(10)2-3/h1-2H. The molecule has 10 heavy (non-hydrogen) atoms. The molecule has 1 rings (SSSR count). The topological polar surface area (TPSA) is 0 Å². The molecule has 0 aliphatic heterocycles. The first kappa shape index (κ1) is 8.68. The zero-order valence-corrected chi connectivity index (χ0v) is 9.42. The zero-order valence-electron chi connectivity index (χ0n) is 4.67. The molecule has 0 radical (unpaired) electrons. The van der Waals surface area contributed by atoms with Crippen LogP contribution in [0.3, 0.4) is 0 Å². The van der Waals surface area contributed by atoms with Crippen molar-refractivity contribution >= 4 is 47.8 Å². The van der Waals surface area contributed by atoms with Crippen molar-refractivity contribution in [1.29, 1.82) is 0 Å². The third kappa shape index (κ3) is 1.80. The van der Waals surface area contributed by atoms with Crippen LogP contribution >= 0.6 is 47.8 Å². The Kier molecular flexibility index (Phi) is 2.89. The van der Waals surface area contributed by atoms with E-state index in [0.717, 1.165) is 4.47 Å². The van der Waals surface area contributed by atoms with Crippen molar-refractivity contribution in [2.24, 2.45) is 0 Å². The summed E-state index contributed by atoms with van der Waals surface area (Å²) in [5, 5.41) is 0. The van der Waals surface area contributed by atoms with Gasteiger partial charge in [-0.25, -0.2) is 4.39 Å². The van der Waals surface area contributed by atoms with E-state index in [1.165, 1.54) is 6.07 Å². The molecular weight excluding hydrogens is 331 g/mol. The number of halogens is 4. The Balaban J connectivity index is 3.31. The highest BCUT2D eigenvalue weighted by Crippen LogP contribution is 2.29. The molecule has 54 valence electrons. The van der Waals surface area contributed by atoms with Crippen LogP contribution in [-0.2, 0) is 0 Å². The van der Waals surface area contributed by atoms with Gasteiger partial charge in [0.25, 0.3) is 0 Å². The minimum atomic E-state index is -0.277. The van der Waals surface area contributed by atoms with Gasteiger partial charge in [0, 0.05) is 8.95 Å². The summed E-state index contributed by atoms with van der Waals surface area (Å²) in [5.74, 6) is -0.277. The van der Waals surface area contributed by atoms with Crippen molar-refractivity contribution in [2.75, 3.05) is 0 Å². The molecule has 0 fully saturated rings. The Bertz CT molecular complexity index is 236. The second-order valence-corrected chi connectivity index (χ2v) is 4.25. The van der Waals surface area contributed by atoms with E-state index in [4.69, 9.17) is 0 Å². The van der Waals surface area contributed by atoms with Crippen molar-refractivity contribution in [2.45, 2.75) is 0 Å². The molecule has 4 heteroatoms. The molecule has 1 aromatic rings. The molecule has 0 atom stereocenters. The van der Waals surface area contributed by atoms with Gasteiger partial charge >= 0.3 is 0 Å². The fourth-order valence-corrected chi connectivity index (χ4v) is 1.93. The summed E-state index contributed by atoms with van der Waals surface area (Å²) in [6.45, 7) is 0. The minimum Gasteiger partial charge on any atom is -0.206 e. The molecule has 0 aliphatic rings. The second-order valence-electron chi connectivity index (χ2n) is 1.68. The lowest BCUT2D eigenvalue weighted by Crippen LogP contribution is -1.78. The van der Waals surface area contributed by atoms with Crippen LogP contribution in [0.25, 0.3) is 0 Å². The summed E-state index contributed by atoms with van der Waals surface area (Å²) in [6.07, 6.45) is 0. The number of hydrogen-bond donors (Lipinski definition) is 0. The normalized spacial score (nSPS) is 10.0. The SMILES string of the molecule is Fc1cc(Br)cc(Br)c1Br. The zero-order chi connectivity index (χ0) is 7.72. The molecule has 0 aliphatic carbocycles. The van der Waals surface area contributed by atoms with Gasteiger partial charge in [-0.2, -0.15) is 0 Å². The summed E-state index contributed by atoms with van der Waals surface area (Å²) in [7, 11) is 0. The van der Waals surface area contributed by atoms with Gasteiger partial charge in [0.2, 0.25) is 0 Å². The molecule has 0 heterocycles. The predicted octanol–water partition coefficient (Wildman–Crippen LogP) is 4.11. The predicted molar refractivity (Wildman–Crippen MR) is 49.5 cm³/mol. The lowest BCUT2D eigenvalue weighted by Gasteiger charge is -1.97. The highest BCUT2D eigenvalue weighted by atomic mass is 79.9. The fraction of sp³-hybridized carbons (Fsp3) is 0. The van der Waals surface area contributed by atoms with Gasteiger partial charge in [0.1, 0.15) is 5.82 Å². The van der Waals surface area contributed by atoms with E-state index < -0.39 is 0 Å². The van der Waals surface area contributed by atoms with E-state index in [-0.39, 0.29) is 5.82 Å². The van der Waals surface area contributed by atoms with Gasteiger partial charge in [-0.15, -0.1) is 0 Å². The average molecular weight is 333 g/mol. The lowest BCUT2D eigenvalue weighted by molar-refractivity contribution is 0.619. The highest BCUT2D eigenvalue weighted by Gasteiger charge is 2.03. The summed E-state index contributed by atoms with van der Waals surface area (Å²) in [6, 6.07) is 3.17. The summed E-state index contributed by atoms with van der Waals surface area (Å²) in [4.78, 5) is 0. The van der Waals surface area contributed by atoms with E-state index in [9.17, 15) is 4.39 Å². The molecule has 1 aromatic carbocycles. The maximum Gasteiger partial charge on any atom is 0.139 e. The maximum absolute atomic E-state index is 12.7. The second kappa shape index (κ2) is 3.32. The van der Waals surface area contributed by atoms with E-state index in [2.05, 4.69) is 47.8 Å². The molecule has 0 unspecified atom stereocenters. The van der Waals surface area contributed by atoms with E-state index in [1.807, 2.05) is 0 Å². The molecule has 0 nitrogen and oxygen atoms in total. The van der Waals surface area contributed by atoms with Gasteiger partial charge in [-0.05, 0) is 44.0 Å². The van der Waals surface area contributed by atoms with E-state index in [0.29, 0.717) is 8.95 Å². The Morgan fingerprint density at radius 1 is 1.10 bits per heavy atom. The molecule has 0 spiro atoms. The Labute approximate surface area is 83.2 Å². The van der Waals surface area contributed by atoms with Crippen LogP contribution in [0.15, 0.2) is 25.6 Å². The van der Waals surface area contributed by atoms with Gasteiger partial charge in [-0.3, -0.25) is 0 Å². The fourth-order valence-electron chi connectivity index (χ4n) is 0.525. The first-order valence-electron chi connectivity index (χ1n) is 2.41. The van der Waals surface area contributed by atoms with Crippen molar-refractivity contribution in [1.82, 2.24) is 0 Å². The molecular formula is C6H2Br3F. The van der Waals surface area contributed by atoms with Crippen molar-refractivity contribution < 1.29 is 4.39 Å². The van der Waals surface area contributed by atoms with Gasteiger partial charge in [0.15, 0.2) is 0 Å². The van der Waals surface area contributed by atoms with Gasteiger partial charge in [0.05, 0.1) is 4.47 Å². The van der Waals surface area contributed by atoms with Crippen LogP contribution < -0.4 is 0 Å². The number of benzene rings is 1. The van der Waals surface area contributed by atoms with Crippen LogP contribution in [0.1, 0.15) is 0 Å². The number of rotatable bonds is 0. The third-order valence-electron chi connectivity index (χ3n) is 0.949. The Morgan fingerprint density at radius 2 is 1.70 bits per heavy atom. The quantitative estimate of drug-likeness (QED) is 0.495. The average Bonchev–Trinajstić information content (AvgIpc) is 1.82. The monoisotopic (exact) mass is 330 g/mol. The largest absolute Gasteiger partial charge is 0.206 e. The molecule has 0 N–H and O–H groups in total. The first-order chi connectivity index (χ1) is 4.61. The van der Waals surface area contributed by atoms with Crippen LogP contribution in [0, 0.1) is 5.82 Å². The number of hydrogen-bond acceptors (Lipinski definition) is 0. The summed E-state index contributed by atoms with van der Waals surface area (Å²) < 4.78 is 14.6. The van der Waals surface area contributed by atoms with Gasteiger partial charge in [-0.1, -0.05) is 15.9 Å². The highest BCUT2D eigenvalue weighted by molar-refractivity contribution is 9.13. The van der Waals surface area contributed by atoms with Crippen molar-refractivity contribution in [3.05, 3.63) is 31.4 Å². The van der Waals surface area contributed by atoms with Crippen LogP contribution in [0.5, 0.6) is 0 Å². The van der Waals surface area contributed by atoms with Crippen LogP contribution in [0.2, 0.25) is 0 Å². The minimum absolute atomic E-state index is 0.277. The van der Waals surface area contributed by atoms with Crippen molar-refractivity contribution in [3.8, 4) is 0 Å². The van der Waals surface area contributed by atoms with Crippen LogP contribution in [-0.4, -0.2) is 0 Å². The molecule has 0 bridgehead atoms. The molecule has 0 aromatic heterocycles. The Hall–Kier alpha value is 0.590. The Morgan fingerprint density at radius 3 is 2.20 bits per heavy atom. The summed E-state index contributed by atoms with van der Waals surface area (Å²) in [5.41, 5.74) is 0. The molecule has 0 saturated heterocycles. The molecule has 0 saturated carbocycles. The third-order valence-corrected chi connectivity index (χ3v) is 3.37. The first-order valence-corrected chi connectivity index (χ1v) is 4.79. The van der Waals surface area contributed by atoms with E-state index >= 15 is 0 Å². The summed E-state index contributed by atoms with van der Waals surface area (Å²) >= 11 is 9.41. The van der Waals surface area contributed by atoms with E-state index in [1.54, 1.807) is 6.07 Å². The molecule has 0 amide bonds.